The lowest BCUT2D eigenvalue weighted by molar-refractivity contribution is 0.834. The van der Waals surface area contributed by atoms with Crippen LogP contribution in [0.25, 0.3) is 0 Å². The van der Waals surface area contributed by atoms with E-state index in [1.54, 1.807) is 5.41 Å². The monoisotopic (exact) mass is 102 g/mol. The maximum absolute atomic E-state index is 3.88. The summed E-state index contributed by atoms with van der Waals surface area (Å²) < 4.78 is 0. The van der Waals surface area contributed by atoms with Crippen LogP contribution in [0.4, 0.5) is 0 Å². The zero-order valence-electron chi connectivity index (χ0n) is 4.18. The molecule has 6 heavy (non-hydrogen) atoms. The van der Waals surface area contributed by atoms with Gasteiger partial charge in [-0.3, -0.25) is 0 Å². The van der Waals surface area contributed by atoms with Gasteiger partial charge in [0.1, 0.15) is 0 Å². The number of hydrogen-bond acceptors (Lipinski definition) is 1. The molecule has 1 heteroatoms. The minimum Gasteiger partial charge on any atom is -0.152 e. The molecule has 36 valence electrons. The van der Waals surface area contributed by atoms with Gasteiger partial charge >= 0.3 is 0 Å². The lowest BCUT2D eigenvalue weighted by atomic mass is 10.2. The number of rotatable bonds is 1. The SMILES string of the molecule is CC(C)/C=C\S. The number of hydrogen-bond donors (Lipinski definition) is 1. The Morgan fingerprint density at radius 2 is 2.00 bits per heavy atom. The van der Waals surface area contributed by atoms with Crippen LogP contribution in [0.1, 0.15) is 13.8 Å². The normalized spacial score (nSPS) is 11.3. The summed E-state index contributed by atoms with van der Waals surface area (Å²) in [4.78, 5) is 0. The van der Waals surface area contributed by atoms with E-state index in [4.69, 9.17) is 0 Å². The standard InChI is InChI=1S/C5H10S/c1-5(2)3-4-6/h3-6H,1-2H3/b4-3-. The molecule has 0 saturated carbocycles. The predicted octanol–water partition coefficient (Wildman–Crippen LogP) is 2.09. The Morgan fingerprint density at radius 3 is 2.00 bits per heavy atom. The second-order valence-electron chi connectivity index (χ2n) is 1.59. The van der Waals surface area contributed by atoms with Crippen molar-refractivity contribution in [3.05, 3.63) is 11.5 Å². The highest BCUT2D eigenvalue weighted by Crippen LogP contribution is 1.92. The molecule has 0 amide bonds. The Bertz CT molecular complexity index is 45.9. The van der Waals surface area contributed by atoms with Gasteiger partial charge in [0.25, 0.3) is 0 Å². The van der Waals surface area contributed by atoms with E-state index < -0.39 is 0 Å². The quantitative estimate of drug-likeness (QED) is 0.481. The lowest BCUT2D eigenvalue weighted by Gasteiger charge is -1.86. The number of allylic oxidation sites excluding steroid dienone is 1. The van der Waals surface area contributed by atoms with Gasteiger partial charge in [0.05, 0.1) is 0 Å². The minimum absolute atomic E-state index is 0.641. The van der Waals surface area contributed by atoms with Crippen LogP contribution in [0.15, 0.2) is 11.5 Å². The summed E-state index contributed by atoms with van der Waals surface area (Å²) in [6, 6.07) is 0. The molecule has 0 saturated heterocycles. The fourth-order valence-corrected chi connectivity index (χ4v) is 0.516. The first-order valence-electron chi connectivity index (χ1n) is 2.08. The molecule has 0 aromatic carbocycles. The van der Waals surface area contributed by atoms with Crippen molar-refractivity contribution in [3.8, 4) is 0 Å². The van der Waals surface area contributed by atoms with Crippen molar-refractivity contribution in [3.63, 3.8) is 0 Å². The lowest BCUT2D eigenvalue weighted by Crippen LogP contribution is -1.72. The average Bonchev–Trinajstić information content (AvgIpc) is 1.35. The molecule has 0 spiro atoms. The Labute approximate surface area is 44.7 Å². The maximum atomic E-state index is 3.88. The van der Waals surface area contributed by atoms with Crippen molar-refractivity contribution >= 4 is 12.6 Å². The van der Waals surface area contributed by atoms with Gasteiger partial charge in [0.2, 0.25) is 0 Å². The highest BCUT2D eigenvalue weighted by atomic mass is 32.1. The van der Waals surface area contributed by atoms with Crippen LogP contribution in [0, 0.1) is 5.92 Å². The first-order chi connectivity index (χ1) is 2.77. The third-order valence-electron chi connectivity index (χ3n) is 0.471. The molecule has 0 N–H and O–H groups in total. The van der Waals surface area contributed by atoms with Crippen LogP contribution in [0.5, 0.6) is 0 Å². The van der Waals surface area contributed by atoms with E-state index in [9.17, 15) is 0 Å². The molecule has 0 aromatic rings. The van der Waals surface area contributed by atoms with Crippen LogP contribution in [0.3, 0.4) is 0 Å². The van der Waals surface area contributed by atoms with E-state index >= 15 is 0 Å². The van der Waals surface area contributed by atoms with E-state index in [0.717, 1.165) is 0 Å². The molecule has 0 nitrogen and oxygen atoms in total. The fraction of sp³-hybridized carbons (Fsp3) is 0.600. The molecular weight excluding hydrogens is 92.1 g/mol. The molecule has 0 rings (SSSR count). The molecule has 0 aromatic heterocycles. The average molecular weight is 102 g/mol. The van der Waals surface area contributed by atoms with E-state index in [-0.39, 0.29) is 0 Å². The van der Waals surface area contributed by atoms with Gasteiger partial charge < -0.3 is 0 Å². The third-order valence-corrected chi connectivity index (χ3v) is 0.643. The largest absolute Gasteiger partial charge is 0.152 e. The van der Waals surface area contributed by atoms with Crippen molar-refractivity contribution < 1.29 is 0 Å². The maximum Gasteiger partial charge on any atom is -0.0282 e. The summed E-state index contributed by atoms with van der Waals surface area (Å²) in [5.74, 6) is 0.641. The van der Waals surface area contributed by atoms with Gasteiger partial charge in [-0.2, -0.15) is 12.6 Å². The smallest absolute Gasteiger partial charge is 0.0282 e. The van der Waals surface area contributed by atoms with Gasteiger partial charge in [0.15, 0.2) is 0 Å². The second kappa shape index (κ2) is 3.29. The zero-order chi connectivity index (χ0) is 4.99. The molecular formula is C5H10S. The Balaban J connectivity index is 3.03. The Kier molecular flexibility index (Phi) is 3.34. The van der Waals surface area contributed by atoms with Gasteiger partial charge in [0, 0.05) is 0 Å². The van der Waals surface area contributed by atoms with Gasteiger partial charge in [-0.25, -0.2) is 0 Å². The van der Waals surface area contributed by atoms with Crippen molar-refractivity contribution in [2.45, 2.75) is 13.8 Å². The van der Waals surface area contributed by atoms with E-state index in [1.807, 2.05) is 6.08 Å². The molecule has 0 radical (unpaired) electrons. The van der Waals surface area contributed by atoms with Crippen LogP contribution >= 0.6 is 12.6 Å². The summed E-state index contributed by atoms with van der Waals surface area (Å²) in [5.41, 5.74) is 0. The van der Waals surface area contributed by atoms with E-state index in [1.165, 1.54) is 0 Å². The molecule has 0 aliphatic rings. The summed E-state index contributed by atoms with van der Waals surface area (Å²) in [7, 11) is 0. The topological polar surface area (TPSA) is 0 Å². The highest BCUT2D eigenvalue weighted by molar-refractivity contribution is 7.83. The fourth-order valence-electron chi connectivity index (χ4n) is 0.172. The molecule has 0 unspecified atom stereocenters. The van der Waals surface area contributed by atoms with Crippen LogP contribution in [-0.4, -0.2) is 0 Å². The summed E-state index contributed by atoms with van der Waals surface area (Å²) in [6.07, 6.45) is 2.03. The van der Waals surface area contributed by atoms with Crippen LogP contribution in [0.2, 0.25) is 0 Å². The van der Waals surface area contributed by atoms with Crippen molar-refractivity contribution in [2.75, 3.05) is 0 Å². The van der Waals surface area contributed by atoms with E-state index in [0.29, 0.717) is 5.92 Å². The minimum atomic E-state index is 0.641. The summed E-state index contributed by atoms with van der Waals surface area (Å²) in [6.45, 7) is 4.24. The van der Waals surface area contributed by atoms with Crippen LogP contribution < -0.4 is 0 Å². The highest BCUT2D eigenvalue weighted by Gasteiger charge is 1.76. The molecule has 0 bridgehead atoms. The van der Waals surface area contributed by atoms with Gasteiger partial charge in [-0.1, -0.05) is 19.9 Å². The van der Waals surface area contributed by atoms with Crippen LogP contribution in [-0.2, 0) is 0 Å². The van der Waals surface area contributed by atoms with E-state index in [2.05, 4.69) is 26.5 Å². The van der Waals surface area contributed by atoms with Crippen molar-refractivity contribution in [2.24, 2.45) is 5.92 Å². The van der Waals surface area contributed by atoms with Gasteiger partial charge in [-0.05, 0) is 11.3 Å². The first-order valence-corrected chi connectivity index (χ1v) is 2.60. The number of thiol groups is 1. The van der Waals surface area contributed by atoms with Gasteiger partial charge in [-0.15, -0.1) is 0 Å². The van der Waals surface area contributed by atoms with Crippen molar-refractivity contribution in [1.29, 1.82) is 0 Å². The summed E-state index contributed by atoms with van der Waals surface area (Å²) in [5, 5.41) is 1.77. The zero-order valence-corrected chi connectivity index (χ0v) is 5.07. The molecule has 0 aliphatic carbocycles. The Hall–Kier alpha value is 0.0900. The van der Waals surface area contributed by atoms with Crippen molar-refractivity contribution in [1.82, 2.24) is 0 Å². The second-order valence-corrected chi connectivity index (χ2v) is 1.88. The molecule has 0 heterocycles. The predicted molar refractivity (Wildman–Crippen MR) is 33.0 cm³/mol. The Morgan fingerprint density at radius 1 is 1.50 bits per heavy atom. The summed E-state index contributed by atoms with van der Waals surface area (Å²) >= 11 is 3.88. The molecule has 0 fully saturated rings. The molecule has 0 atom stereocenters. The third kappa shape index (κ3) is 4.09. The first kappa shape index (κ1) is 6.09. The molecule has 0 aliphatic heterocycles.